The third kappa shape index (κ3) is 3.84. The van der Waals surface area contributed by atoms with E-state index in [4.69, 9.17) is 16.0 Å². The summed E-state index contributed by atoms with van der Waals surface area (Å²) in [6, 6.07) is 7.75. The van der Waals surface area contributed by atoms with Crippen LogP contribution in [0.15, 0.2) is 28.7 Å². The van der Waals surface area contributed by atoms with Crippen molar-refractivity contribution in [2.24, 2.45) is 0 Å². The quantitative estimate of drug-likeness (QED) is 0.879. The summed E-state index contributed by atoms with van der Waals surface area (Å²) in [5.74, 6) is 0.896. The van der Waals surface area contributed by atoms with Gasteiger partial charge in [-0.1, -0.05) is 18.5 Å². The molecule has 0 spiro atoms. The van der Waals surface area contributed by atoms with Crippen molar-refractivity contribution in [1.29, 1.82) is 0 Å². The Hall–Kier alpha value is -0.840. The monoisotopic (exact) mass is 313 g/mol. The van der Waals surface area contributed by atoms with Gasteiger partial charge in [0.15, 0.2) is 0 Å². The molecule has 3 atom stereocenters. The molecule has 20 heavy (non-hydrogen) atoms. The molecule has 5 heteroatoms. The topological polar surface area (TPSA) is 42.2 Å². The minimum Gasteiger partial charge on any atom is -0.459 e. The van der Waals surface area contributed by atoms with Gasteiger partial charge < -0.3 is 9.73 Å². The molecular weight excluding hydrogens is 294 g/mol. The van der Waals surface area contributed by atoms with Crippen LogP contribution in [0, 0.1) is 0 Å². The molecular formula is C15H20ClNO2S. The predicted molar refractivity (Wildman–Crippen MR) is 85.8 cm³/mol. The maximum Gasteiger partial charge on any atom is 0.134 e. The van der Waals surface area contributed by atoms with Crippen molar-refractivity contribution in [1.82, 2.24) is 5.32 Å². The van der Waals surface area contributed by atoms with E-state index in [1.165, 1.54) is 0 Å². The molecule has 3 nitrogen and oxygen atoms in total. The highest BCUT2D eigenvalue weighted by molar-refractivity contribution is 7.84. The van der Waals surface area contributed by atoms with Crippen LogP contribution in [0.3, 0.4) is 0 Å². The molecule has 1 aromatic heterocycles. The lowest BCUT2D eigenvalue weighted by atomic mass is 10.2. The zero-order chi connectivity index (χ0) is 14.7. The van der Waals surface area contributed by atoms with Crippen molar-refractivity contribution < 1.29 is 8.63 Å². The first-order valence-corrected chi connectivity index (χ1v) is 8.72. The van der Waals surface area contributed by atoms with Crippen LogP contribution in [-0.2, 0) is 10.8 Å². The molecule has 0 aliphatic carbocycles. The van der Waals surface area contributed by atoms with Gasteiger partial charge in [0.2, 0.25) is 0 Å². The summed E-state index contributed by atoms with van der Waals surface area (Å²) in [7, 11) is -0.763. The van der Waals surface area contributed by atoms with E-state index in [0.717, 1.165) is 29.7 Å². The summed E-state index contributed by atoms with van der Waals surface area (Å²) >= 11 is 5.97. The summed E-state index contributed by atoms with van der Waals surface area (Å²) < 4.78 is 17.1. The Morgan fingerprint density at radius 2 is 2.10 bits per heavy atom. The lowest BCUT2D eigenvalue weighted by Crippen LogP contribution is -2.23. The van der Waals surface area contributed by atoms with Gasteiger partial charge in [0.25, 0.3) is 0 Å². The van der Waals surface area contributed by atoms with Gasteiger partial charge in [0.05, 0.1) is 6.04 Å². The number of hydrogen-bond acceptors (Lipinski definition) is 3. The molecule has 110 valence electrons. The molecule has 1 heterocycles. The molecule has 0 saturated carbocycles. The second kappa shape index (κ2) is 6.74. The molecule has 2 rings (SSSR count). The van der Waals surface area contributed by atoms with Gasteiger partial charge in [0, 0.05) is 32.7 Å². The Morgan fingerprint density at radius 3 is 2.80 bits per heavy atom. The molecule has 0 fully saturated rings. The van der Waals surface area contributed by atoms with Crippen molar-refractivity contribution in [2.45, 2.75) is 31.6 Å². The zero-order valence-electron chi connectivity index (χ0n) is 12.0. The Balaban J connectivity index is 1.97. The maximum atomic E-state index is 11.3. The average Bonchev–Trinajstić information content (AvgIpc) is 2.81. The Morgan fingerprint density at radius 1 is 1.35 bits per heavy atom. The second-order valence-electron chi connectivity index (χ2n) is 5.10. The van der Waals surface area contributed by atoms with E-state index in [9.17, 15) is 4.21 Å². The number of benzene rings is 1. The molecule has 0 radical (unpaired) electrons. The first kappa shape index (κ1) is 15.5. The summed E-state index contributed by atoms with van der Waals surface area (Å²) in [6.45, 7) is 4.89. The predicted octanol–water partition coefficient (Wildman–Crippen LogP) is 3.89. The van der Waals surface area contributed by atoms with Gasteiger partial charge in [-0.05, 0) is 44.2 Å². The van der Waals surface area contributed by atoms with Gasteiger partial charge in [-0.3, -0.25) is 4.21 Å². The van der Waals surface area contributed by atoms with E-state index in [1.807, 2.05) is 31.2 Å². The number of rotatable bonds is 6. The van der Waals surface area contributed by atoms with E-state index in [2.05, 4.69) is 12.2 Å². The van der Waals surface area contributed by atoms with E-state index >= 15 is 0 Å². The number of fused-ring (bicyclic) bond motifs is 1. The molecule has 0 saturated heterocycles. The Labute approximate surface area is 127 Å². The smallest absolute Gasteiger partial charge is 0.134 e. The van der Waals surface area contributed by atoms with Gasteiger partial charge in [-0.15, -0.1) is 0 Å². The molecule has 2 aromatic rings. The standard InChI is InChI=1S/C15H20ClNO2S/c1-10(20(3)18)6-7-17-11(2)15-9-12-8-13(16)4-5-14(12)19-15/h4-5,8-11,17H,6-7H2,1-3H3/t10-,11+,20+/m1/s1. The molecule has 1 aromatic carbocycles. The molecule has 0 amide bonds. The fraction of sp³-hybridized carbons (Fsp3) is 0.467. The number of nitrogens with one attached hydrogen (secondary N) is 1. The second-order valence-corrected chi connectivity index (χ2v) is 7.34. The summed E-state index contributed by atoms with van der Waals surface area (Å²) in [4.78, 5) is 0. The van der Waals surface area contributed by atoms with Gasteiger partial charge in [-0.2, -0.15) is 0 Å². The van der Waals surface area contributed by atoms with Crippen LogP contribution in [0.5, 0.6) is 0 Å². The van der Waals surface area contributed by atoms with Crippen LogP contribution in [0.4, 0.5) is 0 Å². The van der Waals surface area contributed by atoms with Gasteiger partial charge in [-0.25, -0.2) is 0 Å². The van der Waals surface area contributed by atoms with E-state index < -0.39 is 10.8 Å². The van der Waals surface area contributed by atoms with Crippen LogP contribution in [0.2, 0.25) is 5.02 Å². The normalized spacial score (nSPS) is 16.2. The van der Waals surface area contributed by atoms with Gasteiger partial charge in [0.1, 0.15) is 11.3 Å². The first-order chi connectivity index (χ1) is 9.47. The van der Waals surface area contributed by atoms with Crippen LogP contribution in [0.25, 0.3) is 11.0 Å². The highest BCUT2D eigenvalue weighted by Crippen LogP contribution is 2.26. The fourth-order valence-corrected chi connectivity index (χ4v) is 2.65. The number of furan rings is 1. The Bertz CT molecular complexity index is 611. The van der Waals surface area contributed by atoms with Crippen LogP contribution >= 0.6 is 11.6 Å². The minimum atomic E-state index is -0.763. The molecule has 0 aliphatic rings. The van der Waals surface area contributed by atoms with Crippen LogP contribution < -0.4 is 5.32 Å². The lowest BCUT2D eigenvalue weighted by Gasteiger charge is -2.13. The van der Waals surface area contributed by atoms with E-state index in [-0.39, 0.29) is 11.3 Å². The minimum absolute atomic E-state index is 0.124. The van der Waals surface area contributed by atoms with Crippen molar-refractivity contribution in [3.8, 4) is 0 Å². The van der Waals surface area contributed by atoms with Crippen molar-refractivity contribution >= 4 is 33.4 Å². The average molecular weight is 314 g/mol. The molecule has 0 aliphatic heterocycles. The third-order valence-electron chi connectivity index (χ3n) is 3.49. The van der Waals surface area contributed by atoms with Crippen LogP contribution in [-0.4, -0.2) is 22.3 Å². The highest BCUT2D eigenvalue weighted by atomic mass is 35.5. The molecule has 0 bridgehead atoms. The molecule has 0 unspecified atom stereocenters. The fourth-order valence-electron chi connectivity index (χ4n) is 2.02. The van der Waals surface area contributed by atoms with Crippen molar-refractivity contribution in [2.75, 3.05) is 12.8 Å². The maximum absolute atomic E-state index is 11.3. The largest absolute Gasteiger partial charge is 0.459 e. The summed E-state index contributed by atoms with van der Waals surface area (Å²) in [6.07, 6.45) is 2.64. The highest BCUT2D eigenvalue weighted by Gasteiger charge is 2.12. The summed E-state index contributed by atoms with van der Waals surface area (Å²) in [5, 5.41) is 5.34. The van der Waals surface area contributed by atoms with Crippen LogP contribution in [0.1, 0.15) is 32.1 Å². The lowest BCUT2D eigenvalue weighted by molar-refractivity contribution is 0.448. The SMILES string of the molecule is C[C@H](NCC[C@@H](C)[S@](C)=O)c1cc2cc(Cl)ccc2o1. The number of halogens is 1. The third-order valence-corrected chi connectivity index (χ3v) is 5.10. The van der Waals surface area contributed by atoms with Crippen molar-refractivity contribution in [3.63, 3.8) is 0 Å². The Kier molecular flexibility index (Phi) is 5.24. The molecule has 1 N–H and O–H groups in total. The number of hydrogen-bond donors (Lipinski definition) is 1. The summed E-state index contributed by atoms with van der Waals surface area (Å²) in [5.41, 5.74) is 0.848. The van der Waals surface area contributed by atoms with E-state index in [1.54, 1.807) is 6.26 Å². The van der Waals surface area contributed by atoms with Gasteiger partial charge >= 0.3 is 0 Å². The van der Waals surface area contributed by atoms with Crippen molar-refractivity contribution in [3.05, 3.63) is 35.0 Å². The first-order valence-electron chi connectivity index (χ1n) is 6.72. The zero-order valence-corrected chi connectivity index (χ0v) is 13.6. The van der Waals surface area contributed by atoms with E-state index in [0.29, 0.717) is 5.02 Å².